The first-order chi connectivity index (χ1) is 10.2. The first-order valence-corrected chi connectivity index (χ1v) is 7.09. The molecule has 0 unspecified atom stereocenters. The number of nitrogens with one attached hydrogen (secondary N) is 1. The van der Waals surface area contributed by atoms with Crippen molar-refractivity contribution in [3.05, 3.63) is 40.4 Å². The lowest BCUT2D eigenvalue weighted by Crippen LogP contribution is -2.40. The van der Waals surface area contributed by atoms with Crippen LogP contribution in [0.4, 0.5) is 11.5 Å². The van der Waals surface area contributed by atoms with Crippen molar-refractivity contribution in [1.82, 2.24) is 4.98 Å². The summed E-state index contributed by atoms with van der Waals surface area (Å²) in [5.74, 6) is 0.802. The van der Waals surface area contributed by atoms with Gasteiger partial charge < -0.3 is 10.1 Å². The number of benzene rings is 1. The van der Waals surface area contributed by atoms with Crippen LogP contribution < -0.4 is 5.32 Å². The van der Waals surface area contributed by atoms with Gasteiger partial charge in [0.2, 0.25) is 0 Å². The largest absolute Gasteiger partial charge is 0.378 e. The van der Waals surface area contributed by atoms with Crippen LogP contribution in [-0.2, 0) is 4.74 Å². The van der Waals surface area contributed by atoms with Gasteiger partial charge in [-0.2, -0.15) is 0 Å². The molecule has 0 bridgehead atoms. The zero-order valence-electron chi connectivity index (χ0n) is 11.8. The van der Waals surface area contributed by atoms with Crippen LogP contribution in [0, 0.1) is 10.1 Å². The van der Waals surface area contributed by atoms with Crippen molar-refractivity contribution in [3.63, 3.8) is 0 Å². The molecular weight excluding hydrogens is 270 g/mol. The number of nitrogens with zero attached hydrogens (tertiary/aromatic N) is 2. The molecule has 0 aliphatic heterocycles. The summed E-state index contributed by atoms with van der Waals surface area (Å²) in [5.41, 5.74) is 0.842. The molecule has 3 rings (SSSR count). The topological polar surface area (TPSA) is 77.3 Å². The van der Waals surface area contributed by atoms with Gasteiger partial charge in [-0.1, -0.05) is 0 Å². The van der Waals surface area contributed by atoms with Gasteiger partial charge in [-0.15, -0.1) is 0 Å². The van der Waals surface area contributed by atoms with E-state index in [-0.39, 0.29) is 5.69 Å². The number of hydrogen-bond acceptors (Lipinski definition) is 5. The van der Waals surface area contributed by atoms with Crippen molar-refractivity contribution in [2.45, 2.75) is 31.9 Å². The molecule has 1 heterocycles. The summed E-state index contributed by atoms with van der Waals surface area (Å²) in [6.07, 6.45) is 2.34. The Morgan fingerprint density at radius 3 is 2.90 bits per heavy atom. The first-order valence-electron chi connectivity index (χ1n) is 7.09. The van der Waals surface area contributed by atoms with E-state index >= 15 is 0 Å². The second-order valence-corrected chi connectivity index (χ2v) is 5.22. The van der Waals surface area contributed by atoms with E-state index in [0.29, 0.717) is 12.1 Å². The average molecular weight is 287 g/mol. The number of pyridine rings is 1. The zero-order chi connectivity index (χ0) is 14.8. The molecule has 0 radical (unpaired) electrons. The summed E-state index contributed by atoms with van der Waals surface area (Å²) < 4.78 is 5.53. The molecule has 0 saturated heterocycles. The molecule has 0 amide bonds. The van der Waals surface area contributed by atoms with Crippen LogP contribution in [0.5, 0.6) is 0 Å². The molecule has 1 aromatic carbocycles. The van der Waals surface area contributed by atoms with Crippen molar-refractivity contribution < 1.29 is 9.66 Å². The van der Waals surface area contributed by atoms with Crippen LogP contribution >= 0.6 is 0 Å². The number of nitro benzene ring substituents is 1. The Morgan fingerprint density at radius 1 is 1.38 bits per heavy atom. The van der Waals surface area contributed by atoms with Crippen molar-refractivity contribution >= 4 is 22.4 Å². The van der Waals surface area contributed by atoms with E-state index in [2.05, 4.69) is 10.3 Å². The molecule has 0 atom stereocenters. The predicted molar refractivity (Wildman–Crippen MR) is 80.5 cm³/mol. The van der Waals surface area contributed by atoms with Gasteiger partial charge in [0, 0.05) is 30.2 Å². The summed E-state index contributed by atoms with van der Waals surface area (Å²) in [4.78, 5) is 14.8. The molecule has 2 aromatic rings. The molecule has 6 heteroatoms. The summed E-state index contributed by atoms with van der Waals surface area (Å²) in [7, 11) is 0. The number of fused-ring (bicyclic) bond motifs is 1. The lowest BCUT2D eigenvalue weighted by atomic mass is 9.89. The van der Waals surface area contributed by atoms with Crippen LogP contribution in [0.1, 0.15) is 19.8 Å². The lowest BCUT2D eigenvalue weighted by Gasteiger charge is -2.35. The highest BCUT2D eigenvalue weighted by atomic mass is 16.6. The summed E-state index contributed by atoms with van der Waals surface area (Å²) in [6, 6.07) is 8.82. The fourth-order valence-electron chi connectivity index (χ4n) is 2.57. The number of hydrogen-bond donors (Lipinski definition) is 1. The zero-order valence-corrected chi connectivity index (χ0v) is 11.8. The monoisotopic (exact) mass is 287 g/mol. The maximum Gasteiger partial charge on any atom is 0.270 e. The van der Waals surface area contributed by atoms with Gasteiger partial charge in [0.25, 0.3) is 5.69 Å². The molecule has 0 spiro atoms. The molecule has 1 aliphatic rings. The minimum Gasteiger partial charge on any atom is -0.378 e. The second-order valence-electron chi connectivity index (χ2n) is 5.22. The molecule has 21 heavy (non-hydrogen) atoms. The van der Waals surface area contributed by atoms with Gasteiger partial charge in [0.15, 0.2) is 0 Å². The molecule has 1 N–H and O–H groups in total. The molecule has 1 aromatic heterocycles. The summed E-state index contributed by atoms with van der Waals surface area (Å²) in [6.45, 7) is 2.76. The van der Waals surface area contributed by atoms with E-state index in [1.54, 1.807) is 12.1 Å². The maximum absolute atomic E-state index is 10.7. The molecular formula is C15H17N3O3. The molecule has 1 fully saturated rings. The number of ether oxygens (including phenoxy) is 1. The standard InChI is InChI=1S/C15H17N3O3/c1-2-21-13-8-11(9-13)16-15-6-3-10-7-12(18(19)20)4-5-14(10)17-15/h3-7,11,13H,2,8-9H2,1H3,(H,16,17). The van der Waals surface area contributed by atoms with Crippen LogP contribution in [-0.4, -0.2) is 28.7 Å². The number of anilines is 1. The molecule has 110 valence electrons. The van der Waals surface area contributed by atoms with Gasteiger partial charge in [-0.3, -0.25) is 10.1 Å². The highest BCUT2D eigenvalue weighted by molar-refractivity contribution is 5.82. The SMILES string of the molecule is CCOC1CC(Nc2ccc3cc([N+](=O)[O-])ccc3n2)C1. The van der Waals surface area contributed by atoms with Crippen LogP contribution in [0.25, 0.3) is 10.9 Å². The Hall–Kier alpha value is -2.21. The number of rotatable bonds is 5. The molecule has 1 saturated carbocycles. The summed E-state index contributed by atoms with van der Waals surface area (Å²) in [5, 5.41) is 14.9. The first kappa shape index (κ1) is 13.8. The van der Waals surface area contributed by atoms with Gasteiger partial charge in [0.1, 0.15) is 5.82 Å². The van der Waals surface area contributed by atoms with Gasteiger partial charge >= 0.3 is 0 Å². The van der Waals surface area contributed by atoms with E-state index in [0.717, 1.165) is 36.2 Å². The number of nitro groups is 1. The van der Waals surface area contributed by atoms with Crippen LogP contribution in [0.2, 0.25) is 0 Å². The van der Waals surface area contributed by atoms with E-state index < -0.39 is 4.92 Å². The third-order valence-corrected chi connectivity index (χ3v) is 3.73. The third-order valence-electron chi connectivity index (χ3n) is 3.73. The van der Waals surface area contributed by atoms with Crippen molar-refractivity contribution in [1.29, 1.82) is 0 Å². The smallest absolute Gasteiger partial charge is 0.270 e. The van der Waals surface area contributed by atoms with Crippen molar-refractivity contribution in [3.8, 4) is 0 Å². The van der Waals surface area contributed by atoms with Crippen LogP contribution in [0.3, 0.4) is 0 Å². The van der Waals surface area contributed by atoms with Crippen molar-refractivity contribution in [2.75, 3.05) is 11.9 Å². The fourth-order valence-corrected chi connectivity index (χ4v) is 2.57. The lowest BCUT2D eigenvalue weighted by molar-refractivity contribution is -0.384. The molecule has 6 nitrogen and oxygen atoms in total. The average Bonchev–Trinajstić information content (AvgIpc) is 2.44. The van der Waals surface area contributed by atoms with Gasteiger partial charge in [0.05, 0.1) is 16.5 Å². The second kappa shape index (κ2) is 5.65. The quantitative estimate of drug-likeness (QED) is 0.675. The Labute approximate surface area is 122 Å². The fraction of sp³-hybridized carbons (Fsp3) is 0.400. The van der Waals surface area contributed by atoms with E-state index in [1.165, 1.54) is 6.07 Å². The van der Waals surface area contributed by atoms with E-state index in [1.807, 2.05) is 19.1 Å². The van der Waals surface area contributed by atoms with Crippen LogP contribution in [0.15, 0.2) is 30.3 Å². The Kier molecular flexibility index (Phi) is 3.70. The maximum atomic E-state index is 10.7. The highest BCUT2D eigenvalue weighted by Crippen LogP contribution is 2.27. The minimum absolute atomic E-state index is 0.0866. The van der Waals surface area contributed by atoms with Gasteiger partial charge in [-0.25, -0.2) is 4.98 Å². The van der Waals surface area contributed by atoms with Gasteiger partial charge in [-0.05, 0) is 38.0 Å². The molecule has 1 aliphatic carbocycles. The number of aromatic nitrogens is 1. The Morgan fingerprint density at radius 2 is 2.19 bits per heavy atom. The third kappa shape index (κ3) is 2.95. The number of non-ortho nitro benzene ring substituents is 1. The normalized spacial score (nSPS) is 21.0. The summed E-state index contributed by atoms with van der Waals surface area (Å²) >= 11 is 0. The highest BCUT2D eigenvalue weighted by Gasteiger charge is 2.29. The minimum atomic E-state index is -0.395. The predicted octanol–water partition coefficient (Wildman–Crippen LogP) is 3.12. The Bertz CT molecular complexity index is 668. The Balaban J connectivity index is 1.70. The van der Waals surface area contributed by atoms with E-state index in [4.69, 9.17) is 4.74 Å². The van der Waals surface area contributed by atoms with E-state index in [9.17, 15) is 10.1 Å². The van der Waals surface area contributed by atoms with Crippen molar-refractivity contribution in [2.24, 2.45) is 0 Å².